The van der Waals surface area contributed by atoms with E-state index in [1.807, 2.05) is 54.6 Å². The third kappa shape index (κ3) is 5.71. The molecule has 4 unspecified atom stereocenters. The number of hydrogen-bond acceptors (Lipinski definition) is 5. The van der Waals surface area contributed by atoms with Crippen molar-refractivity contribution in [2.24, 2.45) is 5.92 Å². The average molecular weight is 519 g/mol. The molecule has 8 heteroatoms. The van der Waals surface area contributed by atoms with Gasteiger partial charge in [-0.2, -0.15) is 5.26 Å². The number of aromatic nitrogens is 2. The van der Waals surface area contributed by atoms with Gasteiger partial charge in [-0.05, 0) is 85.0 Å². The van der Waals surface area contributed by atoms with Crippen molar-refractivity contribution in [3.63, 3.8) is 0 Å². The van der Waals surface area contributed by atoms with Gasteiger partial charge in [0.15, 0.2) is 0 Å². The Balaban J connectivity index is 1.42. The molecule has 0 aliphatic carbocycles. The highest BCUT2D eigenvalue weighted by Crippen LogP contribution is 2.40. The monoisotopic (exact) mass is 518 g/mol. The minimum Gasteiger partial charge on any atom is -0.423 e. The van der Waals surface area contributed by atoms with Gasteiger partial charge in [-0.1, -0.05) is 35.9 Å². The quantitative estimate of drug-likeness (QED) is 0.289. The lowest BCUT2D eigenvalue weighted by molar-refractivity contribution is 0.0892. The van der Waals surface area contributed by atoms with Crippen molar-refractivity contribution in [2.75, 3.05) is 6.54 Å². The largest absolute Gasteiger partial charge is 0.423 e. The fraction of sp³-hybridized carbons (Fsp3) is 0.276. The molecule has 1 aromatic heterocycles. The summed E-state index contributed by atoms with van der Waals surface area (Å²) in [7, 11) is 0. The Kier molecular flexibility index (Phi) is 7.05. The minimum absolute atomic E-state index is 0.0287. The number of alkyl halides is 1. The predicted molar refractivity (Wildman–Crippen MR) is 137 cm³/mol. The molecule has 3 aromatic carbocycles. The Morgan fingerprint density at radius 3 is 2.65 bits per heavy atom. The Morgan fingerprint density at radius 2 is 1.97 bits per heavy atom. The summed E-state index contributed by atoms with van der Waals surface area (Å²) in [4.78, 5) is 0. The summed E-state index contributed by atoms with van der Waals surface area (Å²) in [5, 5.41) is 21.1. The molecule has 188 valence electrons. The molecule has 0 radical (unpaired) electrons. The molecule has 1 fully saturated rings. The van der Waals surface area contributed by atoms with Crippen LogP contribution >= 0.6 is 11.6 Å². The molecule has 1 aliphatic heterocycles. The summed E-state index contributed by atoms with van der Waals surface area (Å²) in [6.07, 6.45) is 1.61. The van der Waals surface area contributed by atoms with E-state index in [2.05, 4.69) is 15.5 Å². The lowest BCUT2D eigenvalue weighted by atomic mass is 9.71. The van der Waals surface area contributed by atoms with Crippen LogP contribution in [0, 0.1) is 23.1 Å². The van der Waals surface area contributed by atoms with Gasteiger partial charge in [-0.25, -0.2) is 8.78 Å². The van der Waals surface area contributed by atoms with Crippen molar-refractivity contribution in [3.8, 4) is 17.5 Å². The smallest absolute Gasteiger partial charge is 0.247 e. The van der Waals surface area contributed by atoms with E-state index in [0.29, 0.717) is 23.0 Å². The van der Waals surface area contributed by atoms with Crippen molar-refractivity contribution in [1.82, 2.24) is 15.5 Å². The Morgan fingerprint density at radius 1 is 1.16 bits per heavy atom. The van der Waals surface area contributed by atoms with E-state index in [4.69, 9.17) is 21.3 Å². The molecule has 0 bridgehead atoms. The first-order valence-electron chi connectivity index (χ1n) is 12.1. The van der Waals surface area contributed by atoms with E-state index in [-0.39, 0.29) is 36.3 Å². The second kappa shape index (κ2) is 10.4. The summed E-state index contributed by atoms with van der Waals surface area (Å²) in [6.45, 7) is 2.22. The Labute approximate surface area is 219 Å². The Hall–Kier alpha value is -3.60. The predicted octanol–water partition coefficient (Wildman–Crippen LogP) is 6.48. The lowest BCUT2D eigenvalue weighted by Crippen LogP contribution is -2.57. The highest BCUT2D eigenvalue weighted by Gasteiger charge is 2.42. The van der Waals surface area contributed by atoms with E-state index < -0.39 is 11.5 Å². The van der Waals surface area contributed by atoms with E-state index >= 15 is 4.39 Å². The van der Waals surface area contributed by atoms with Gasteiger partial charge in [0.1, 0.15) is 11.5 Å². The molecular weight excluding hydrogens is 494 g/mol. The summed E-state index contributed by atoms with van der Waals surface area (Å²) in [5.74, 6) is -0.143. The standard InChI is InChI=1S/C29H25ClF2N4O/c1-29(32,13-18-9-19(15-33)11-25(31)10-18)14-23-16-34-27(23)26(20-5-7-24(30)8-6-20)21-3-2-4-22(12-21)28-36-35-17-37-28/h2-12,17,23,26-27,34H,13-14,16H2,1H3. The van der Waals surface area contributed by atoms with Gasteiger partial charge in [0, 0.05) is 29.0 Å². The number of hydrogen-bond donors (Lipinski definition) is 1. The second-order valence-electron chi connectivity index (χ2n) is 9.85. The maximum atomic E-state index is 15.9. The van der Waals surface area contributed by atoms with Crippen LogP contribution in [-0.2, 0) is 6.42 Å². The van der Waals surface area contributed by atoms with Crippen LogP contribution < -0.4 is 5.32 Å². The van der Waals surface area contributed by atoms with Gasteiger partial charge in [0.05, 0.1) is 11.6 Å². The highest BCUT2D eigenvalue weighted by molar-refractivity contribution is 6.30. The van der Waals surface area contributed by atoms with Crippen LogP contribution in [0.25, 0.3) is 11.5 Å². The molecule has 1 N–H and O–H groups in total. The van der Waals surface area contributed by atoms with Crippen molar-refractivity contribution in [1.29, 1.82) is 5.26 Å². The highest BCUT2D eigenvalue weighted by atomic mass is 35.5. The molecule has 5 rings (SSSR count). The summed E-state index contributed by atoms with van der Waals surface area (Å²) >= 11 is 6.17. The van der Waals surface area contributed by atoms with Gasteiger partial charge in [-0.15, -0.1) is 10.2 Å². The molecule has 4 aromatic rings. The molecule has 0 saturated carbocycles. The summed E-state index contributed by atoms with van der Waals surface area (Å²) < 4.78 is 35.2. The molecule has 0 amide bonds. The third-order valence-electron chi connectivity index (χ3n) is 6.91. The zero-order chi connectivity index (χ0) is 26.0. The van der Waals surface area contributed by atoms with Gasteiger partial charge in [-0.3, -0.25) is 0 Å². The average Bonchev–Trinajstić information content (AvgIpc) is 3.40. The van der Waals surface area contributed by atoms with Crippen molar-refractivity contribution in [2.45, 2.75) is 37.4 Å². The maximum Gasteiger partial charge on any atom is 0.247 e. The SMILES string of the molecule is CC(F)(Cc1cc(F)cc(C#N)c1)CC1CNC1C(c1ccc(Cl)cc1)c1cccc(-c2nnco2)c1. The molecule has 2 heterocycles. The van der Waals surface area contributed by atoms with Crippen molar-refractivity contribution in [3.05, 3.63) is 106 Å². The first kappa shape index (κ1) is 25.1. The molecule has 5 nitrogen and oxygen atoms in total. The van der Waals surface area contributed by atoms with E-state index in [9.17, 15) is 4.39 Å². The molecule has 37 heavy (non-hydrogen) atoms. The van der Waals surface area contributed by atoms with Crippen LogP contribution in [0.4, 0.5) is 8.78 Å². The van der Waals surface area contributed by atoms with Crippen molar-refractivity contribution < 1.29 is 13.2 Å². The Bertz CT molecular complexity index is 1420. The van der Waals surface area contributed by atoms with Gasteiger partial charge < -0.3 is 9.73 Å². The minimum atomic E-state index is -1.58. The number of nitrogens with one attached hydrogen (secondary N) is 1. The lowest BCUT2D eigenvalue weighted by Gasteiger charge is -2.46. The fourth-order valence-electron chi connectivity index (χ4n) is 5.31. The number of rotatable bonds is 8. The number of benzene rings is 3. The van der Waals surface area contributed by atoms with Crippen LogP contribution in [0.15, 0.2) is 77.5 Å². The molecule has 0 spiro atoms. The topological polar surface area (TPSA) is 74.7 Å². The van der Waals surface area contributed by atoms with E-state index in [1.165, 1.54) is 12.5 Å². The zero-order valence-corrected chi connectivity index (χ0v) is 20.9. The molecular formula is C29H25ClF2N4O. The number of halogens is 3. The fourth-order valence-corrected chi connectivity index (χ4v) is 5.44. The summed E-state index contributed by atoms with van der Waals surface area (Å²) in [5.41, 5.74) is 1.98. The summed E-state index contributed by atoms with van der Waals surface area (Å²) in [6, 6.07) is 21.5. The van der Waals surface area contributed by atoms with Crippen LogP contribution in [0.3, 0.4) is 0 Å². The van der Waals surface area contributed by atoms with Crippen molar-refractivity contribution >= 4 is 11.6 Å². The number of nitriles is 1. The van der Waals surface area contributed by atoms with Gasteiger partial charge in [0.2, 0.25) is 12.3 Å². The van der Waals surface area contributed by atoms with Gasteiger partial charge >= 0.3 is 0 Å². The first-order chi connectivity index (χ1) is 17.8. The zero-order valence-electron chi connectivity index (χ0n) is 20.2. The van der Waals surface area contributed by atoms with E-state index in [0.717, 1.165) is 22.8 Å². The van der Waals surface area contributed by atoms with Crippen LogP contribution in [0.2, 0.25) is 5.02 Å². The van der Waals surface area contributed by atoms with Crippen LogP contribution in [0.5, 0.6) is 0 Å². The second-order valence-corrected chi connectivity index (χ2v) is 10.3. The number of nitrogens with zero attached hydrogens (tertiary/aromatic N) is 3. The third-order valence-corrected chi connectivity index (χ3v) is 7.16. The molecule has 4 atom stereocenters. The van der Waals surface area contributed by atoms with Crippen LogP contribution in [0.1, 0.15) is 41.5 Å². The maximum absolute atomic E-state index is 15.9. The first-order valence-corrected chi connectivity index (χ1v) is 12.4. The van der Waals surface area contributed by atoms with Crippen LogP contribution in [-0.4, -0.2) is 28.5 Å². The molecule has 1 aliphatic rings. The van der Waals surface area contributed by atoms with Gasteiger partial charge in [0.25, 0.3) is 0 Å². The normalized spacial score (nSPS) is 19.4. The van der Waals surface area contributed by atoms with E-state index in [1.54, 1.807) is 13.0 Å². The molecule has 1 saturated heterocycles.